The Bertz CT molecular complexity index is 1740. The van der Waals surface area contributed by atoms with Crippen LogP contribution in [0.1, 0.15) is 35.4 Å². The molecule has 3 aromatic rings. The van der Waals surface area contributed by atoms with Crippen LogP contribution in [0.2, 0.25) is 0 Å². The fourth-order valence-corrected chi connectivity index (χ4v) is 8.09. The maximum atomic E-state index is 14.9. The van der Waals surface area contributed by atoms with Crippen LogP contribution in [-0.4, -0.2) is 45.9 Å². The lowest BCUT2D eigenvalue weighted by molar-refractivity contribution is -0.173. The van der Waals surface area contributed by atoms with E-state index < -0.39 is 46.8 Å². The highest BCUT2D eigenvalue weighted by Crippen LogP contribution is 2.64. The van der Waals surface area contributed by atoms with Gasteiger partial charge in [-0.05, 0) is 54.2 Å². The maximum absolute atomic E-state index is 14.9. The third kappa shape index (κ3) is 3.72. The van der Waals surface area contributed by atoms with Gasteiger partial charge in [0.05, 0.1) is 24.4 Å². The number of benzene rings is 3. The molecule has 0 spiro atoms. The average Bonchev–Trinajstić information content (AvgIpc) is 3.26. The smallest absolute Gasteiger partial charge is 0.257 e. The normalized spacial score (nSPS) is 29.8. The Morgan fingerprint density at radius 1 is 0.884 bits per heavy atom. The van der Waals surface area contributed by atoms with E-state index >= 15 is 0 Å². The van der Waals surface area contributed by atoms with Crippen molar-refractivity contribution >= 4 is 29.0 Å². The molecule has 0 radical (unpaired) electrons. The highest BCUT2D eigenvalue weighted by atomic mass is 16.5. The number of carbonyl (C=O) groups is 4. The van der Waals surface area contributed by atoms with Crippen LogP contribution in [0.5, 0.6) is 11.5 Å². The Balaban J connectivity index is 1.55. The molecule has 3 aliphatic carbocycles. The van der Waals surface area contributed by atoms with E-state index in [1.165, 1.54) is 19.3 Å². The summed E-state index contributed by atoms with van der Waals surface area (Å²) < 4.78 is 5.52. The van der Waals surface area contributed by atoms with Gasteiger partial charge in [-0.15, -0.1) is 0 Å². The number of phenolic OH excluding ortho intramolecular Hbond substituents is 1. The molecule has 1 saturated carbocycles. The van der Waals surface area contributed by atoms with Gasteiger partial charge in [-0.1, -0.05) is 72.3 Å². The van der Waals surface area contributed by atoms with Crippen molar-refractivity contribution in [1.29, 1.82) is 0 Å². The molecular weight excluding hydrogens is 546 g/mol. The Kier molecular flexibility index (Phi) is 6.21. The second-order valence-electron chi connectivity index (χ2n) is 11.7. The van der Waals surface area contributed by atoms with Crippen molar-refractivity contribution in [3.63, 3.8) is 0 Å². The molecule has 2 fully saturated rings. The fourth-order valence-electron chi connectivity index (χ4n) is 8.09. The predicted molar refractivity (Wildman–Crippen MR) is 155 cm³/mol. The lowest BCUT2D eigenvalue weighted by Crippen LogP contribution is -2.58. The van der Waals surface area contributed by atoms with Gasteiger partial charge in [0.2, 0.25) is 0 Å². The minimum atomic E-state index is -1.46. The van der Waals surface area contributed by atoms with E-state index in [1.807, 2.05) is 42.5 Å². The first-order chi connectivity index (χ1) is 20.8. The molecule has 8 heteroatoms. The topological polar surface area (TPSA) is 121 Å². The number of allylic oxidation sites excluding steroid dienone is 4. The van der Waals surface area contributed by atoms with E-state index in [2.05, 4.69) is 0 Å². The van der Waals surface area contributed by atoms with Crippen molar-refractivity contribution in [3.8, 4) is 11.5 Å². The summed E-state index contributed by atoms with van der Waals surface area (Å²) in [5.41, 5.74) is 1.14. The van der Waals surface area contributed by atoms with E-state index in [1.54, 1.807) is 36.4 Å². The Morgan fingerprint density at radius 3 is 2.28 bits per heavy atom. The van der Waals surface area contributed by atoms with Gasteiger partial charge in [-0.3, -0.25) is 24.4 Å². The zero-order valence-electron chi connectivity index (χ0n) is 23.3. The summed E-state index contributed by atoms with van der Waals surface area (Å²) in [5, 5.41) is 21.9. The number of hydroxylamine groups is 2. The van der Waals surface area contributed by atoms with Crippen LogP contribution in [0.25, 0.3) is 5.57 Å². The Morgan fingerprint density at radius 2 is 1.58 bits per heavy atom. The Hall–Kier alpha value is -4.82. The number of hydrogen-bond acceptors (Lipinski definition) is 7. The van der Waals surface area contributed by atoms with Gasteiger partial charge < -0.3 is 9.84 Å². The second kappa shape index (κ2) is 9.88. The number of aromatic hydroxyl groups is 1. The number of carbonyl (C=O) groups excluding carboxylic acids is 4. The fraction of sp³-hybridized carbons (Fsp3) is 0.257. The van der Waals surface area contributed by atoms with Gasteiger partial charge in [-0.2, -0.15) is 5.06 Å². The molecule has 1 saturated heterocycles. The van der Waals surface area contributed by atoms with Gasteiger partial charge >= 0.3 is 0 Å². The number of ketones is 2. The van der Waals surface area contributed by atoms with Crippen LogP contribution in [0, 0.1) is 23.7 Å². The number of hydrogen-bond donors (Lipinski definition) is 2. The Labute approximate surface area is 247 Å². The van der Waals surface area contributed by atoms with Crippen LogP contribution in [0.3, 0.4) is 0 Å². The summed E-state index contributed by atoms with van der Waals surface area (Å²) in [6.45, 7) is 0. The average molecular weight is 576 g/mol. The number of nitrogens with zero attached hydrogens (tertiary/aromatic N) is 1. The minimum Gasteiger partial charge on any atom is -0.508 e. The lowest BCUT2D eigenvalue weighted by atomic mass is 9.44. The summed E-state index contributed by atoms with van der Waals surface area (Å²) in [7, 11) is 1.50. The number of ether oxygens (including phenoxy) is 1. The summed E-state index contributed by atoms with van der Waals surface area (Å²) in [6, 6.07) is 22.9. The van der Waals surface area contributed by atoms with E-state index in [0.29, 0.717) is 28.0 Å². The zero-order valence-corrected chi connectivity index (χ0v) is 23.3. The van der Waals surface area contributed by atoms with Crippen LogP contribution < -0.4 is 4.74 Å². The van der Waals surface area contributed by atoms with Gasteiger partial charge in [0, 0.05) is 23.0 Å². The van der Waals surface area contributed by atoms with Crippen molar-refractivity contribution < 1.29 is 34.2 Å². The minimum absolute atomic E-state index is 0.0841. The monoisotopic (exact) mass is 575 g/mol. The molecule has 1 heterocycles. The molecule has 4 aliphatic rings. The van der Waals surface area contributed by atoms with Gasteiger partial charge in [0.1, 0.15) is 11.5 Å². The number of amides is 2. The molecule has 0 bridgehead atoms. The van der Waals surface area contributed by atoms with Crippen LogP contribution >= 0.6 is 0 Å². The first-order valence-electron chi connectivity index (χ1n) is 14.3. The first kappa shape index (κ1) is 27.0. The molecule has 1 aliphatic heterocycles. The number of rotatable bonds is 4. The van der Waals surface area contributed by atoms with E-state index in [9.17, 15) is 29.5 Å². The molecule has 2 N–H and O–H groups in total. The number of Topliss-reactive ketones (excluding diaryl/α,β-unsaturated/α-hetero) is 1. The molecule has 6 unspecified atom stereocenters. The number of phenols is 1. The van der Waals surface area contributed by atoms with Crippen molar-refractivity contribution in [3.05, 3.63) is 113 Å². The molecule has 2 amide bonds. The molecule has 43 heavy (non-hydrogen) atoms. The molecule has 6 atom stereocenters. The van der Waals surface area contributed by atoms with Gasteiger partial charge in [0.15, 0.2) is 11.6 Å². The molecule has 7 rings (SSSR count). The summed E-state index contributed by atoms with van der Waals surface area (Å²) in [6.07, 6.45) is 3.60. The van der Waals surface area contributed by atoms with Crippen LogP contribution in [0.4, 0.5) is 0 Å². The molecule has 3 aromatic carbocycles. The second-order valence-corrected chi connectivity index (χ2v) is 11.7. The quantitative estimate of drug-likeness (QED) is 0.265. The van der Waals surface area contributed by atoms with E-state index in [4.69, 9.17) is 4.74 Å². The van der Waals surface area contributed by atoms with Crippen LogP contribution in [0.15, 0.2) is 96.6 Å². The van der Waals surface area contributed by atoms with Crippen molar-refractivity contribution in [2.45, 2.75) is 24.2 Å². The highest BCUT2D eigenvalue weighted by molar-refractivity contribution is 6.31. The third-order valence-electron chi connectivity index (χ3n) is 9.90. The van der Waals surface area contributed by atoms with E-state index in [0.717, 1.165) is 0 Å². The lowest BCUT2D eigenvalue weighted by Gasteiger charge is -2.55. The summed E-state index contributed by atoms with van der Waals surface area (Å²) in [5.74, 6) is -5.63. The number of imide groups is 1. The molecule has 216 valence electrons. The van der Waals surface area contributed by atoms with E-state index in [-0.39, 0.29) is 40.8 Å². The summed E-state index contributed by atoms with van der Waals surface area (Å²) in [4.78, 5) is 55.8. The first-order valence-corrected chi connectivity index (χ1v) is 14.3. The standard InChI is InChI=1S/C35H29NO7/c1-43-21-12-15-28(37)26(16-21)31-22-13-14-23-30(34(41)36(42)33(23)40)25(22)17-27-32(39)24(19-8-4-2-5-9-19)18-29(38)35(27,31)20-10-6-3-7-11-20/h2-13,15-16,18,23,25,27,30-31,37,42H,14,17H2,1H3. The highest BCUT2D eigenvalue weighted by Gasteiger charge is 2.66. The largest absolute Gasteiger partial charge is 0.508 e. The zero-order chi connectivity index (χ0) is 30.0. The van der Waals surface area contributed by atoms with Gasteiger partial charge in [-0.25, -0.2) is 0 Å². The number of fused-ring (bicyclic) bond motifs is 4. The number of methoxy groups -OCH3 is 1. The van der Waals surface area contributed by atoms with Crippen molar-refractivity contribution in [1.82, 2.24) is 5.06 Å². The molecular formula is C35H29NO7. The van der Waals surface area contributed by atoms with Crippen LogP contribution in [-0.2, 0) is 24.6 Å². The van der Waals surface area contributed by atoms with Gasteiger partial charge in [0.25, 0.3) is 11.8 Å². The molecule has 8 nitrogen and oxygen atoms in total. The maximum Gasteiger partial charge on any atom is 0.257 e. The SMILES string of the molecule is COc1ccc(O)c(C2C3=CCC4C(=O)N(O)C(=O)C4C3CC3C(=O)C(c4ccccc4)=CC(=O)C32c2ccccc2)c1. The summed E-state index contributed by atoms with van der Waals surface area (Å²) >= 11 is 0. The van der Waals surface area contributed by atoms with Crippen molar-refractivity contribution in [2.24, 2.45) is 23.7 Å². The third-order valence-corrected chi connectivity index (χ3v) is 9.90. The molecule has 0 aromatic heterocycles. The predicted octanol–water partition coefficient (Wildman–Crippen LogP) is 4.61. The van der Waals surface area contributed by atoms with Crippen molar-refractivity contribution in [2.75, 3.05) is 7.11 Å².